The van der Waals surface area contributed by atoms with Gasteiger partial charge in [0.15, 0.2) is 5.78 Å². The van der Waals surface area contributed by atoms with Gasteiger partial charge >= 0.3 is 0 Å². The summed E-state index contributed by atoms with van der Waals surface area (Å²) in [7, 11) is 0. The zero-order valence-corrected chi connectivity index (χ0v) is 11.6. The normalized spacial score (nSPS) is 10.3. The van der Waals surface area contributed by atoms with Gasteiger partial charge in [-0.2, -0.15) is 0 Å². The second-order valence-electron chi connectivity index (χ2n) is 4.52. The average Bonchev–Trinajstić information content (AvgIpc) is 2.43. The van der Waals surface area contributed by atoms with Crippen LogP contribution in [0.3, 0.4) is 0 Å². The van der Waals surface area contributed by atoms with Crippen LogP contribution in [0.15, 0.2) is 42.5 Å². The topological polar surface area (TPSA) is 46.3 Å². The van der Waals surface area contributed by atoms with Gasteiger partial charge in [-0.3, -0.25) is 4.79 Å². The quantitative estimate of drug-likeness (QED) is 0.680. The summed E-state index contributed by atoms with van der Waals surface area (Å²) in [5.74, 6) is -0.399. The van der Waals surface area contributed by atoms with Crippen molar-refractivity contribution in [3.63, 3.8) is 0 Å². The SMILES string of the molecule is CCN(c1ccc(N)c(C(C)=O)c1)c1ccccc1F. The monoisotopic (exact) mass is 272 g/mol. The first-order valence-electron chi connectivity index (χ1n) is 6.47. The number of benzene rings is 2. The highest BCUT2D eigenvalue weighted by molar-refractivity contribution is 6.00. The molecule has 2 aromatic rings. The first kappa shape index (κ1) is 14.1. The van der Waals surface area contributed by atoms with Gasteiger partial charge < -0.3 is 10.6 Å². The second-order valence-corrected chi connectivity index (χ2v) is 4.52. The van der Waals surface area contributed by atoms with Gasteiger partial charge in [-0.05, 0) is 44.2 Å². The molecule has 0 aliphatic heterocycles. The first-order valence-corrected chi connectivity index (χ1v) is 6.47. The number of nitrogen functional groups attached to an aromatic ring is 1. The van der Waals surface area contributed by atoms with E-state index in [-0.39, 0.29) is 11.6 Å². The molecule has 0 unspecified atom stereocenters. The van der Waals surface area contributed by atoms with Crippen LogP contribution in [0.2, 0.25) is 0 Å². The average molecular weight is 272 g/mol. The number of carbonyl (C=O) groups excluding carboxylic acids is 1. The van der Waals surface area contributed by atoms with E-state index >= 15 is 0 Å². The molecule has 104 valence electrons. The Labute approximate surface area is 117 Å². The second kappa shape index (κ2) is 5.74. The summed E-state index contributed by atoms with van der Waals surface area (Å²) in [5, 5.41) is 0. The van der Waals surface area contributed by atoms with E-state index in [2.05, 4.69) is 0 Å². The Morgan fingerprint density at radius 1 is 1.25 bits per heavy atom. The van der Waals surface area contributed by atoms with Gasteiger partial charge in [0, 0.05) is 23.5 Å². The highest BCUT2D eigenvalue weighted by Gasteiger charge is 2.14. The van der Waals surface area contributed by atoms with E-state index in [1.807, 2.05) is 6.92 Å². The lowest BCUT2D eigenvalue weighted by atomic mass is 10.1. The molecule has 2 aromatic carbocycles. The van der Waals surface area contributed by atoms with Crippen LogP contribution < -0.4 is 10.6 Å². The predicted molar refractivity (Wildman–Crippen MR) is 79.9 cm³/mol. The van der Waals surface area contributed by atoms with E-state index in [9.17, 15) is 9.18 Å². The molecule has 0 fully saturated rings. The number of Topliss-reactive ketones (excluding diaryl/α,β-unsaturated/α-hetero) is 1. The van der Waals surface area contributed by atoms with Crippen LogP contribution in [0, 0.1) is 5.82 Å². The Bertz CT molecular complexity index is 640. The van der Waals surface area contributed by atoms with Crippen molar-refractivity contribution in [1.82, 2.24) is 0 Å². The maximum Gasteiger partial charge on any atom is 0.161 e. The lowest BCUT2D eigenvalue weighted by molar-refractivity contribution is 0.101. The number of nitrogens with two attached hydrogens (primary N) is 1. The third-order valence-corrected chi connectivity index (χ3v) is 3.19. The smallest absolute Gasteiger partial charge is 0.161 e. The van der Waals surface area contributed by atoms with Gasteiger partial charge in [-0.25, -0.2) is 4.39 Å². The molecule has 0 aliphatic rings. The molecule has 2 N–H and O–H groups in total. The fraction of sp³-hybridized carbons (Fsp3) is 0.188. The lowest BCUT2D eigenvalue weighted by Gasteiger charge is -2.24. The number of nitrogens with zero attached hydrogens (tertiary/aromatic N) is 1. The van der Waals surface area contributed by atoms with Crippen molar-refractivity contribution < 1.29 is 9.18 Å². The summed E-state index contributed by atoms with van der Waals surface area (Å²) in [4.78, 5) is 13.4. The summed E-state index contributed by atoms with van der Waals surface area (Å²) < 4.78 is 13.9. The highest BCUT2D eigenvalue weighted by Crippen LogP contribution is 2.29. The van der Waals surface area contributed by atoms with Crippen molar-refractivity contribution in [2.75, 3.05) is 17.2 Å². The van der Waals surface area contributed by atoms with Crippen LogP contribution in [0.1, 0.15) is 24.2 Å². The summed E-state index contributed by atoms with van der Waals surface area (Å²) in [6.07, 6.45) is 0. The Balaban J connectivity index is 2.50. The van der Waals surface area contributed by atoms with Crippen LogP contribution in [0.4, 0.5) is 21.5 Å². The maximum atomic E-state index is 13.9. The number of para-hydroxylation sites is 1. The molecule has 0 radical (unpaired) electrons. The van der Waals surface area contributed by atoms with Crippen molar-refractivity contribution in [1.29, 1.82) is 0 Å². The number of rotatable bonds is 4. The number of anilines is 3. The van der Waals surface area contributed by atoms with Gasteiger partial charge in [-0.15, -0.1) is 0 Å². The molecule has 3 nitrogen and oxygen atoms in total. The summed E-state index contributed by atoms with van der Waals surface area (Å²) in [6.45, 7) is 3.98. The Kier molecular flexibility index (Phi) is 4.03. The number of halogens is 1. The van der Waals surface area contributed by atoms with Gasteiger partial charge in [0.2, 0.25) is 0 Å². The molecular weight excluding hydrogens is 255 g/mol. The van der Waals surface area contributed by atoms with Crippen molar-refractivity contribution in [3.8, 4) is 0 Å². The van der Waals surface area contributed by atoms with Crippen LogP contribution in [0.5, 0.6) is 0 Å². The number of carbonyl (C=O) groups is 1. The molecule has 0 saturated heterocycles. The van der Waals surface area contributed by atoms with Gasteiger partial charge in [0.1, 0.15) is 5.82 Å². The summed E-state index contributed by atoms with van der Waals surface area (Å²) in [5.41, 5.74) is 7.91. The molecular formula is C16H17FN2O. The standard InChI is InChI=1S/C16H17FN2O/c1-3-19(16-7-5-4-6-14(16)17)12-8-9-15(18)13(10-12)11(2)20/h4-10H,3,18H2,1-2H3. The number of ketones is 1. The maximum absolute atomic E-state index is 13.9. The molecule has 20 heavy (non-hydrogen) atoms. The van der Waals surface area contributed by atoms with Crippen LogP contribution in [0.25, 0.3) is 0 Å². The van der Waals surface area contributed by atoms with Crippen molar-refractivity contribution in [2.45, 2.75) is 13.8 Å². The van der Waals surface area contributed by atoms with Gasteiger partial charge in [0.25, 0.3) is 0 Å². The zero-order chi connectivity index (χ0) is 14.7. The third-order valence-electron chi connectivity index (χ3n) is 3.19. The largest absolute Gasteiger partial charge is 0.398 e. The van der Waals surface area contributed by atoms with Gasteiger partial charge in [-0.1, -0.05) is 12.1 Å². The molecule has 0 aliphatic carbocycles. The molecule has 0 saturated carbocycles. The molecule has 0 atom stereocenters. The molecule has 4 heteroatoms. The van der Waals surface area contributed by atoms with E-state index in [0.717, 1.165) is 5.69 Å². The molecule has 0 spiro atoms. The third kappa shape index (κ3) is 2.64. The molecule has 0 aromatic heterocycles. The predicted octanol–water partition coefficient (Wildman–Crippen LogP) is 3.77. The first-order chi connectivity index (χ1) is 9.54. The minimum atomic E-state index is -0.296. The van der Waals surface area contributed by atoms with Crippen LogP contribution in [-0.4, -0.2) is 12.3 Å². The Morgan fingerprint density at radius 3 is 2.55 bits per heavy atom. The van der Waals surface area contributed by atoms with Crippen molar-refractivity contribution in [3.05, 3.63) is 53.8 Å². The van der Waals surface area contributed by atoms with Crippen LogP contribution >= 0.6 is 0 Å². The van der Waals surface area contributed by atoms with Gasteiger partial charge in [0.05, 0.1) is 5.69 Å². The highest BCUT2D eigenvalue weighted by atomic mass is 19.1. The van der Waals surface area contributed by atoms with E-state index in [1.165, 1.54) is 13.0 Å². The lowest BCUT2D eigenvalue weighted by Crippen LogP contribution is -2.18. The minimum absolute atomic E-state index is 0.103. The number of hydrogen-bond acceptors (Lipinski definition) is 3. The summed E-state index contributed by atoms with van der Waals surface area (Å²) >= 11 is 0. The fourth-order valence-electron chi connectivity index (χ4n) is 2.18. The van der Waals surface area contributed by atoms with E-state index in [1.54, 1.807) is 41.3 Å². The summed E-state index contributed by atoms with van der Waals surface area (Å²) in [6, 6.07) is 11.7. The van der Waals surface area contributed by atoms with Crippen molar-refractivity contribution >= 4 is 22.8 Å². The van der Waals surface area contributed by atoms with E-state index in [4.69, 9.17) is 5.73 Å². The molecule has 0 amide bonds. The fourth-order valence-corrected chi connectivity index (χ4v) is 2.18. The molecule has 0 heterocycles. The molecule has 2 rings (SSSR count). The van der Waals surface area contributed by atoms with Crippen LogP contribution in [-0.2, 0) is 0 Å². The van der Waals surface area contributed by atoms with E-state index < -0.39 is 0 Å². The van der Waals surface area contributed by atoms with Crippen molar-refractivity contribution in [2.24, 2.45) is 0 Å². The van der Waals surface area contributed by atoms with E-state index in [0.29, 0.717) is 23.5 Å². The number of hydrogen-bond donors (Lipinski definition) is 1. The Hall–Kier alpha value is -2.36. The zero-order valence-electron chi connectivity index (χ0n) is 11.6. The molecule has 0 bridgehead atoms. The minimum Gasteiger partial charge on any atom is -0.398 e. The Morgan fingerprint density at radius 2 is 1.95 bits per heavy atom.